The predicted octanol–water partition coefficient (Wildman–Crippen LogP) is 7.22. The molecular weight excluding hydrogens is 344 g/mol. The van der Waals surface area contributed by atoms with Gasteiger partial charge in [-0.1, -0.05) is 0 Å². The van der Waals surface area contributed by atoms with Crippen LogP contribution in [0.1, 0.15) is 82.1 Å². The zero-order chi connectivity index (χ0) is 19.9. The van der Waals surface area contributed by atoms with Gasteiger partial charge in [-0.15, -0.1) is 0 Å². The van der Waals surface area contributed by atoms with Gasteiger partial charge < -0.3 is 4.74 Å². The topological polar surface area (TPSA) is 9.23 Å². The van der Waals surface area contributed by atoms with Crippen LogP contribution in [-0.4, -0.2) is 47.1 Å². The second kappa shape index (κ2) is 8.27. The van der Waals surface area contributed by atoms with E-state index < -0.39 is 33.8 Å². The van der Waals surface area contributed by atoms with E-state index in [9.17, 15) is 0 Å². The van der Waals surface area contributed by atoms with Gasteiger partial charge in [-0.25, -0.2) is 0 Å². The van der Waals surface area contributed by atoms with E-state index in [4.69, 9.17) is 4.74 Å². The molecule has 2 heteroatoms. The summed E-state index contributed by atoms with van der Waals surface area (Å²) in [7, 11) is 0. The summed E-state index contributed by atoms with van der Waals surface area (Å²) >= 11 is -0.927. The second-order valence-corrected chi connectivity index (χ2v) is 14.1. The van der Waals surface area contributed by atoms with Crippen LogP contribution in [0.2, 0.25) is 3.02 Å². The molecule has 0 spiro atoms. The number of rotatable bonds is 2. The quantitative estimate of drug-likeness (QED) is 0.458. The van der Waals surface area contributed by atoms with Crippen molar-refractivity contribution in [2.24, 2.45) is 0 Å². The van der Waals surface area contributed by atoms with Crippen LogP contribution in [0, 0.1) is 0 Å². The molecule has 1 nitrogen and oxygen atoms in total. The van der Waals surface area contributed by atoms with Crippen molar-refractivity contribution in [3.05, 3.63) is 44.6 Å². The van der Waals surface area contributed by atoms with Crippen molar-refractivity contribution in [3.63, 3.8) is 0 Å². The van der Waals surface area contributed by atoms with E-state index >= 15 is 0 Å². The normalized spacial score (nSPS) is 24.4. The molecule has 1 saturated heterocycles. The van der Waals surface area contributed by atoms with Crippen LogP contribution in [0.5, 0.6) is 0 Å². The fraction of sp³-hybridized carbons (Fsp3) is 0.667. The number of allylic oxidation sites excluding steroid dienone is 8. The van der Waals surface area contributed by atoms with E-state index in [1.54, 1.807) is 44.6 Å². The summed E-state index contributed by atoms with van der Waals surface area (Å²) in [5.74, 6) is 0. The summed E-state index contributed by atoms with van der Waals surface area (Å²) in [5.41, 5.74) is 12.8. The molecule has 26 heavy (non-hydrogen) atoms. The number of ether oxygens (including phenoxy) is 1. The van der Waals surface area contributed by atoms with E-state index in [0.717, 1.165) is 13.2 Å². The maximum atomic E-state index is 4.94. The van der Waals surface area contributed by atoms with E-state index in [2.05, 4.69) is 69.2 Å². The molecule has 0 unspecified atom stereocenters. The first-order chi connectivity index (χ1) is 12.0. The minimum atomic E-state index is -0.927. The molecule has 1 fully saturated rings. The van der Waals surface area contributed by atoms with Crippen molar-refractivity contribution in [1.29, 1.82) is 0 Å². The summed E-state index contributed by atoms with van der Waals surface area (Å²) in [5, 5.41) is 0. The van der Waals surface area contributed by atoms with Gasteiger partial charge >= 0.3 is 151 Å². The predicted molar refractivity (Wildman–Crippen MR) is 116 cm³/mol. The summed E-state index contributed by atoms with van der Waals surface area (Å²) in [6.07, 6.45) is 2.56. The van der Waals surface area contributed by atoms with Crippen LogP contribution in [-0.2, 0) is 4.74 Å². The van der Waals surface area contributed by atoms with Gasteiger partial charge in [-0.05, 0) is 12.8 Å². The summed E-state index contributed by atoms with van der Waals surface area (Å²) < 4.78 is 5.73. The third-order valence-electron chi connectivity index (χ3n) is 8.22. The first kappa shape index (κ1) is 22.5. The van der Waals surface area contributed by atoms with Gasteiger partial charge in [0.2, 0.25) is 0 Å². The molecule has 0 aromatic heterocycles. The van der Waals surface area contributed by atoms with Gasteiger partial charge in [-0.2, -0.15) is 0 Å². The van der Waals surface area contributed by atoms with E-state index in [1.807, 2.05) is 0 Å². The van der Waals surface area contributed by atoms with Gasteiger partial charge in [0.1, 0.15) is 0 Å². The summed E-state index contributed by atoms with van der Waals surface area (Å²) in [6.45, 7) is 25.9. The van der Waals surface area contributed by atoms with Crippen LogP contribution >= 0.6 is 0 Å². The molecule has 1 heterocycles. The summed E-state index contributed by atoms with van der Waals surface area (Å²) in [6, 6.07) is 0. The van der Waals surface area contributed by atoms with Crippen molar-refractivity contribution in [2.45, 2.75) is 85.1 Å². The van der Waals surface area contributed by atoms with E-state index in [-0.39, 0.29) is 0 Å². The first-order valence-corrected chi connectivity index (χ1v) is 12.5. The Hall–Kier alpha value is 0.180. The molecule has 0 aromatic rings. The van der Waals surface area contributed by atoms with Gasteiger partial charge in [0.05, 0.1) is 0 Å². The first-order valence-electron chi connectivity index (χ1n) is 10.3. The summed E-state index contributed by atoms with van der Waals surface area (Å²) in [4.78, 5) is 0. The molecule has 0 amide bonds. The Kier molecular flexibility index (Phi) is 7.15. The average molecular weight is 383 g/mol. The molecule has 142 valence electrons. The zero-order valence-corrected chi connectivity index (χ0v) is 21.2. The van der Waals surface area contributed by atoms with Gasteiger partial charge in [0.25, 0.3) is 0 Å². The molecule has 0 N–H and O–H groups in total. The molecule has 1 aliphatic heterocycles. The van der Waals surface area contributed by atoms with Crippen LogP contribution in [0.4, 0.5) is 0 Å². The van der Waals surface area contributed by atoms with Crippen molar-refractivity contribution < 1.29 is 4.74 Å². The Balaban J connectivity index is 0.000000417. The fourth-order valence-electron chi connectivity index (χ4n) is 5.09. The standard InChI is InChI=1S/2C10H15.C4H8O.Ca/c2*1-6-7(2)9(4)10(5)8(6)3;1-2-4-5-3-1;/h2*1-5H3;1-4H2;. The Morgan fingerprint density at radius 3 is 1.04 bits per heavy atom. The minimum absolute atomic E-state index is 0.392. The van der Waals surface area contributed by atoms with E-state index in [1.165, 1.54) is 12.8 Å². The molecule has 3 rings (SSSR count). The van der Waals surface area contributed by atoms with Crippen LogP contribution in [0.3, 0.4) is 0 Å². The third-order valence-corrected chi connectivity index (χ3v) is 13.7. The maximum absolute atomic E-state index is 4.94. The average Bonchev–Trinajstić information content (AvgIpc) is 3.28. The molecule has 0 bridgehead atoms. The molecule has 0 aromatic carbocycles. The third kappa shape index (κ3) is 3.71. The van der Waals surface area contributed by atoms with E-state index in [0.29, 0.717) is 3.02 Å². The van der Waals surface area contributed by atoms with Crippen molar-refractivity contribution in [1.82, 2.24) is 0 Å². The number of hydrogen-bond acceptors (Lipinski definition) is 1. The second-order valence-electron chi connectivity index (χ2n) is 9.16. The van der Waals surface area contributed by atoms with Crippen molar-refractivity contribution in [3.8, 4) is 0 Å². The Morgan fingerprint density at radius 1 is 0.577 bits per heavy atom. The van der Waals surface area contributed by atoms with Crippen LogP contribution in [0.25, 0.3) is 0 Å². The fourth-order valence-corrected chi connectivity index (χ4v) is 10.6. The zero-order valence-electron chi connectivity index (χ0n) is 18.9. The van der Waals surface area contributed by atoms with Crippen molar-refractivity contribution >= 4 is 33.8 Å². The van der Waals surface area contributed by atoms with Crippen LogP contribution in [0.15, 0.2) is 44.6 Å². The Morgan fingerprint density at radius 2 is 0.846 bits per heavy atom. The Bertz CT molecular complexity index is 599. The molecule has 0 saturated carbocycles. The van der Waals surface area contributed by atoms with Gasteiger partial charge in [0.15, 0.2) is 0 Å². The van der Waals surface area contributed by atoms with Gasteiger partial charge in [0, 0.05) is 13.2 Å². The monoisotopic (exact) mass is 382 g/mol. The molecule has 0 radical (unpaired) electrons. The SMILES string of the molecule is C1CCOC1.CC1=C(C)[C](C)([Ca][C]2(C)C(C)=C(C)C(C)=C2C)C(C)=C1C. The molecular formula is C24H38CaO. The van der Waals surface area contributed by atoms with Crippen molar-refractivity contribution in [2.75, 3.05) is 13.2 Å². The van der Waals surface area contributed by atoms with Gasteiger partial charge in [-0.3, -0.25) is 0 Å². The molecule has 0 atom stereocenters. The Labute approximate surface area is 180 Å². The molecule has 2 aliphatic carbocycles. The van der Waals surface area contributed by atoms with Crippen LogP contribution < -0.4 is 0 Å². The number of hydrogen-bond donors (Lipinski definition) is 0. The molecule has 3 aliphatic rings.